The van der Waals surface area contributed by atoms with Crippen LogP contribution in [0, 0.1) is 0 Å². The molecular formula is C11H20N4O5. The van der Waals surface area contributed by atoms with E-state index >= 15 is 0 Å². The third-order valence-corrected chi connectivity index (χ3v) is 2.56. The molecular weight excluding hydrogens is 268 g/mol. The highest BCUT2D eigenvalue weighted by molar-refractivity contribution is 5.86. The van der Waals surface area contributed by atoms with Gasteiger partial charge in [-0.2, -0.15) is 0 Å². The average Bonchev–Trinajstić information content (AvgIpc) is 2.39. The highest BCUT2D eigenvalue weighted by Crippen LogP contribution is 1.99. The molecule has 9 nitrogen and oxygen atoms in total. The lowest BCUT2D eigenvalue weighted by Crippen LogP contribution is -2.50. The van der Waals surface area contributed by atoms with Gasteiger partial charge in [0.2, 0.25) is 11.8 Å². The van der Waals surface area contributed by atoms with E-state index in [0.29, 0.717) is 0 Å². The van der Waals surface area contributed by atoms with Crippen molar-refractivity contribution >= 4 is 23.8 Å². The molecule has 0 aromatic carbocycles. The van der Waals surface area contributed by atoms with Gasteiger partial charge in [-0.05, 0) is 13.3 Å². The van der Waals surface area contributed by atoms with Gasteiger partial charge in [0.05, 0.1) is 0 Å². The van der Waals surface area contributed by atoms with Gasteiger partial charge in [0.15, 0.2) is 0 Å². The summed E-state index contributed by atoms with van der Waals surface area (Å²) < 4.78 is 0. The van der Waals surface area contributed by atoms with E-state index in [2.05, 4.69) is 10.6 Å². The zero-order valence-corrected chi connectivity index (χ0v) is 11.5. The van der Waals surface area contributed by atoms with Crippen LogP contribution in [0.4, 0.5) is 4.79 Å². The second-order valence-corrected chi connectivity index (χ2v) is 4.03. The maximum atomic E-state index is 11.8. The summed E-state index contributed by atoms with van der Waals surface area (Å²) in [6.07, 6.45) is -0.257. The fourth-order valence-electron chi connectivity index (χ4n) is 1.36. The van der Waals surface area contributed by atoms with Gasteiger partial charge in [0.1, 0.15) is 12.6 Å². The van der Waals surface area contributed by atoms with Gasteiger partial charge in [-0.3, -0.25) is 9.59 Å². The van der Waals surface area contributed by atoms with Crippen molar-refractivity contribution in [2.75, 3.05) is 20.1 Å². The minimum absolute atomic E-state index is 0.103. The summed E-state index contributed by atoms with van der Waals surface area (Å²) in [5.74, 6) is -2.29. The average molecular weight is 288 g/mol. The van der Waals surface area contributed by atoms with Crippen molar-refractivity contribution in [1.82, 2.24) is 15.5 Å². The molecule has 0 fully saturated rings. The Labute approximate surface area is 116 Å². The highest BCUT2D eigenvalue weighted by Gasteiger charge is 2.23. The Morgan fingerprint density at radius 3 is 2.30 bits per heavy atom. The predicted molar refractivity (Wildman–Crippen MR) is 69.7 cm³/mol. The Morgan fingerprint density at radius 2 is 1.90 bits per heavy atom. The fourth-order valence-corrected chi connectivity index (χ4v) is 1.36. The molecule has 5 N–H and O–H groups in total. The molecule has 0 unspecified atom stereocenters. The lowest BCUT2D eigenvalue weighted by atomic mass is 10.1. The molecule has 0 spiro atoms. The van der Waals surface area contributed by atoms with E-state index in [0.717, 1.165) is 4.90 Å². The van der Waals surface area contributed by atoms with Crippen molar-refractivity contribution in [1.29, 1.82) is 0 Å². The van der Waals surface area contributed by atoms with Crippen LogP contribution in [0.3, 0.4) is 0 Å². The van der Waals surface area contributed by atoms with Crippen LogP contribution >= 0.6 is 0 Å². The highest BCUT2D eigenvalue weighted by atomic mass is 16.4. The van der Waals surface area contributed by atoms with Gasteiger partial charge in [-0.15, -0.1) is 0 Å². The Bertz CT molecular complexity index is 385. The number of primary amides is 1. The van der Waals surface area contributed by atoms with Crippen LogP contribution in [0.5, 0.6) is 0 Å². The van der Waals surface area contributed by atoms with Crippen LogP contribution < -0.4 is 16.4 Å². The molecule has 9 heteroatoms. The third kappa shape index (κ3) is 6.57. The standard InChI is InChI=1S/C11H20N4O5/c1-3-15(6-9(17)13-2)11(20)14-7(10(18)19)4-5-8(12)16/h7H,3-6H2,1-2H3,(H2,12,16)(H,13,17)(H,14,20)(H,18,19)/t7-/m0/s1. The van der Waals surface area contributed by atoms with Crippen LogP contribution in [0.2, 0.25) is 0 Å². The summed E-state index contributed by atoms with van der Waals surface area (Å²) in [5, 5.41) is 13.6. The largest absolute Gasteiger partial charge is 0.480 e. The number of carbonyl (C=O) groups excluding carboxylic acids is 3. The van der Waals surface area contributed by atoms with E-state index in [9.17, 15) is 19.2 Å². The number of amides is 4. The molecule has 4 amide bonds. The minimum Gasteiger partial charge on any atom is -0.480 e. The van der Waals surface area contributed by atoms with Crippen LogP contribution in [0.25, 0.3) is 0 Å². The van der Waals surface area contributed by atoms with Crippen molar-refractivity contribution in [3.05, 3.63) is 0 Å². The SMILES string of the molecule is CCN(CC(=O)NC)C(=O)N[C@@H](CCC(N)=O)C(=O)O. The molecule has 0 bridgehead atoms. The summed E-state index contributed by atoms with van der Waals surface area (Å²) in [7, 11) is 1.43. The van der Waals surface area contributed by atoms with E-state index < -0.39 is 23.9 Å². The van der Waals surface area contributed by atoms with Crippen molar-refractivity contribution in [2.45, 2.75) is 25.8 Å². The molecule has 0 saturated heterocycles. The number of nitrogens with zero attached hydrogens (tertiary/aromatic N) is 1. The van der Waals surface area contributed by atoms with Crippen LogP contribution in [-0.4, -0.2) is 60.0 Å². The lowest BCUT2D eigenvalue weighted by molar-refractivity contribution is -0.139. The van der Waals surface area contributed by atoms with Crippen molar-refractivity contribution in [3.63, 3.8) is 0 Å². The third-order valence-electron chi connectivity index (χ3n) is 2.56. The van der Waals surface area contributed by atoms with Crippen molar-refractivity contribution in [2.24, 2.45) is 5.73 Å². The molecule has 0 radical (unpaired) electrons. The van der Waals surface area contributed by atoms with Gasteiger partial charge in [-0.1, -0.05) is 0 Å². The van der Waals surface area contributed by atoms with Gasteiger partial charge < -0.3 is 26.4 Å². The summed E-state index contributed by atoms with van der Waals surface area (Å²) >= 11 is 0. The van der Waals surface area contributed by atoms with E-state index in [1.165, 1.54) is 7.05 Å². The second kappa shape index (κ2) is 8.73. The fraction of sp³-hybridized carbons (Fsp3) is 0.636. The van der Waals surface area contributed by atoms with Gasteiger partial charge in [0.25, 0.3) is 0 Å². The smallest absolute Gasteiger partial charge is 0.326 e. The zero-order chi connectivity index (χ0) is 15.7. The number of hydrogen-bond acceptors (Lipinski definition) is 4. The Hall–Kier alpha value is -2.32. The molecule has 0 aliphatic carbocycles. The maximum Gasteiger partial charge on any atom is 0.326 e. The van der Waals surface area contributed by atoms with Gasteiger partial charge in [0, 0.05) is 20.0 Å². The molecule has 0 aromatic rings. The number of hydrogen-bond donors (Lipinski definition) is 4. The topological polar surface area (TPSA) is 142 Å². The molecule has 0 rings (SSSR count). The normalized spacial score (nSPS) is 11.3. The number of likely N-dealkylation sites (N-methyl/N-ethyl adjacent to an activating group) is 2. The lowest BCUT2D eigenvalue weighted by Gasteiger charge is -2.23. The van der Waals surface area contributed by atoms with E-state index in [1.54, 1.807) is 6.92 Å². The molecule has 0 aliphatic rings. The molecule has 0 heterocycles. The summed E-state index contributed by atoms with van der Waals surface area (Å²) in [5.41, 5.74) is 4.93. The number of nitrogens with one attached hydrogen (secondary N) is 2. The number of aliphatic carboxylic acids is 1. The molecule has 1 atom stereocenters. The number of urea groups is 1. The van der Waals surface area contributed by atoms with Gasteiger partial charge in [-0.25, -0.2) is 9.59 Å². The maximum absolute atomic E-state index is 11.8. The minimum atomic E-state index is -1.27. The number of carboxylic acid groups (broad SMARTS) is 1. The first-order chi connectivity index (χ1) is 9.31. The molecule has 0 aromatic heterocycles. The summed E-state index contributed by atoms with van der Waals surface area (Å²) in [6.45, 7) is 1.71. The summed E-state index contributed by atoms with van der Waals surface area (Å²) in [4.78, 5) is 45.8. The first kappa shape index (κ1) is 17.7. The number of carboxylic acids is 1. The zero-order valence-electron chi connectivity index (χ0n) is 11.5. The van der Waals surface area contributed by atoms with E-state index in [1.807, 2.05) is 0 Å². The predicted octanol–water partition coefficient (Wildman–Crippen LogP) is -1.52. The number of rotatable bonds is 8. The first-order valence-electron chi connectivity index (χ1n) is 6.08. The molecule has 20 heavy (non-hydrogen) atoms. The van der Waals surface area contributed by atoms with E-state index in [4.69, 9.17) is 10.8 Å². The molecule has 0 saturated carbocycles. The first-order valence-corrected chi connectivity index (χ1v) is 6.08. The van der Waals surface area contributed by atoms with Gasteiger partial charge >= 0.3 is 12.0 Å². The van der Waals surface area contributed by atoms with Crippen molar-refractivity contribution < 1.29 is 24.3 Å². The summed E-state index contributed by atoms with van der Waals surface area (Å²) in [6, 6.07) is -1.92. The number of carbonyl (C=O) groups is 4. The number of nitrogens with two attached hydrogens (primary N) is 1. The van der Waals surface area contributed by atoms with Crippen molar-refractivity contribution in [3.8, 4) is 0 Å². The molecule has 0 aliphatic heterocycles. The Kier molecular flexibility index (Phi) is 7.71. The Balaban J connectivity index is 4.59. The van der Waals surface area contributed by atoms with Crippen LogP contribution in [-0.2, 0) is 14.4 Å². The van der Waals surface area contributed by atoms with E-state index in [-0.39, 0.29) is 31.8 Å². The molecule has 114 valence electrons. The Morgan fingerprint density at radius 1 is 1.30 bits per heavy atom. The van der Waals surface area contributed by atoms with Crippen LogP contribution in [0.15, 0.2) is 0 Å². The monoisotopic (exact) mass is 288 g/mol. The quantitative estimate of drug-likeness (QED) is 0.429. The van der Waals surface area contributed by atoms with Crippen LogP contribution in [0.1, 0.15) is 19.8 Å². The second-order valence-electron chi connectivity index (χ2n) is 4.03.